The molecule has 29 heavy (non-hydrogen) atoms. The number of aromatic nitrogens is 1. The molecule has 0 amide bonds. The van der Waals surface area contributed by atoms with E-state index in [2.05, 4.69) is 23.2 Å². The number of thiophene rings is 1. The average Bonchev–Trinajstić information content (AvgIpc) is 3.35. The van der Waals surface area contributed by atoms with E-state index in [0.717, 1.165) is 64.4 Å². The number of hydrogen-bond acceptors (Lipinski definition) is 4. The van der Waals surface area contributed by atoms with Crippen LogP contribution in [0.3, 0.4) is 0 Å². The number of hydrogen-bond donors (Lipinski definition) is 1. The molecule has 3 heterocycles. The second kappa shape index (κ2) is 10.1. The molecule has 0 bridgehead atoms. The van der Waals surface area contributed by atoms with Gasteiger partial charge in [0, 0.05) is 18.0 Å². The van der Waals surface area contributed by atoms with Crippen LogP contribution < -0.4 is 4.74 Å². The number of carbonyl (C=O) groups excluding carboxylic acids is 1. The number of nitrogens with one attached hydrogen (secondary N) is 1. The van der Waals surface area contributed by atoms with Crippen LogP contribution in [-0.2, 0) is 4.74 Å². The smallest absolute Gasteiger partial charge is 0.199 e. The maximum atomic E-state index is 12.4. The molecule has 1 N–H and O–H groups in total. The predicted molar refractivity (Wildman–Crippen MR) is 121 cm³/mol. The van der Waals surface area contributed by atoms with Crippen LogP contribution in [0.1, 0.15) is 63.0 Å². The fourth-order valence-corrected chi connectivity index (χ4v) is 4.41. The zero-order valence-electron chi connectivity index (χ0n) is 17.8. The van der Waals surface area contributed by atoms with E-state index in [-0.39, 0.29) is 18.0 Å². The zero-order valence-corrected chi connectivity index (χ0v) is 18.6. The third-order valence-electron chi connectivity index (χ3n) is 5.18. The largest absolute Gasteiger partial charge is 0.465 e. The van der Waals surface area contributed by atoms with Crippen molar-refractivity contribution in [2.75, 3.05) is 6.61 Å². The van der Waals surface area contributed by atoms with E-state index < -0.39 is 0 Å². The Morgan fingerprint density at radius 3 is 2.62 bits per heavy atom. The topological polar surface area (TPSA) is 51.3 Å². The van der Waals surface area contributed by atoms with Gasteiger partial charge in [0.2, 0.25) is 0 Å². The SMILES string of the molecule is CC.CCC(C)C(=O)c1cc2[nH]c(-c3ccc(OC4CCCCO4)cc3)cc2s1. The van der Waals surface area contributed by atoms with Crippen molar-refractivity contribution >= 4 is 27.3 Å². The molecule has 2 atom stereocenters. The number of ether oxygens (including phenoxy) is 2. The summed E-state index contributed by atoms with van der Waals surface area (Å²) in [6.07, 6.45) is 3.97. The van der Waals surface area contributed by atoms with Gasteiger partial charge >= 0.3 is 0 Å². The van der Waals surface area contributed by atoms with Gasteiger partial charge in [0.05, 0.1) is 21.7 Å². The van der Waals surface area contributed by atoms with Gasteiger partial charge in [-0.1, -0.05) is 27.7 Å². The van der Waals surface area contributed by atoms with Crippen molar-refractivity contribution in [3.05, 3.63) is 41.3 Å². The van der Waals surface area contributed by atoms with E-state index in [0.29, 0.717) is 0 Å². The Labute approximate surface area is 177 Å². The highest BCUT2D eigenvalue weighted by molar-refractivity contribution is 7.20. The predicted octanol–water partition coefficient (Wildman–Crippen LogP) is 7.06. The molecule has 0 spiro atoms. The quantitative estimate of drug-likeness (QED) is 0.440. The molecular weight excluding hydrogens is 382 g/mol. The number of benzene rings is 1. The Hall–Kier alpha value is -2.11. The number of rotatable bonds is 6. The highest BCUT2D eigenvalue weighted by Crippen LogP contribution is 2.33. The summed E-state index contributed by atoms with van der Waals surface area (Å²) < 4.78 is 12.6. The van der Waals surface area contributed by atoms with Gasteiger partial charge in [-0.25, -0.2) is 0 Å². The monoisotopic (exact) mass is 413 g/mol. The summed E-state index contributed by atoms with van der Waals surface area (Å²) in [5.41, 5.74) is 3.18. The van der Waals surface area contributed by atoms with E-state index in [1.165, 1.54) is 0 Å². The lowest BCUT2D eigenvalue weighted by molar-refractivity contribution is -0.105. The summed E-state index contributed by atoms with van der Waals surface area (Å²) in [4.78, 5) is 16.7. The van der Waals surface area contributed by atoms with Gasteiger partial charge in [0.25, 0.3) is 0 Å². The van der Waals surface area contributed by atoms with Crippen LogP contribution in [0.15, 0.2) is 36.4 Å². The molecule has 0 aliphatic carbocycles. The molecule has 1 saturated heterocycles. The van der Waals surface area contributed by atoms with Crippen LogP contribution in [0.5, 0.6) is 5.75 Å². The first-order valence-corrected chi connectivity index (χ1v) is 11.5. The minimum Gasteiger partial charge on any atom is -0.465 e. The first-order valence-electron chi connectivity index (χ1n) is 10.7. The van der Waals surface area contributed by atoms with E-state index in [4.69, 9.17) is 9.47 Å². The molecule has 4 rings (SSSR count). The van der Waals surface area contributed by atoms with Crippen molar-refractivity contribution in [3.8, 4) is 17.0 Å². The molecule has 5 heteroatoms. The third-order valence-corrected chi connectivity index (χ3v) is 6.28. The maximum absolute atomic E-state index is 12.4. The molecular formula is C24H31NO3S. The molecule has 0 saturated carbocycles. The summed E-state index contributed by atoms with van der Waals surface area (Å²) in [6.45, 7) is 8.82. The first-order chi connectivity index (χ1) is 14.1. The standard InChI is InChI=1S/C22H25NO3S.C2H6/c1-3-14(2)22(24)20-13-18-19(27-20)12-17(23-18)15-7-9-16(10-8-15)26-21-6-4-5-11-25-21;1-2/h7-10,12-14,21,23H,3-6,11H2,1-2H3;1-2H3. The Kier molecular flexibility index (Phi) is 7.51. The number of H-pyrrole nitrogens is 1. The van der Waals surface area contributed by atoms with E-state index in [9.17, 15) is 4.79 Å². The molecule has 4 nitrogen and oxygen atoms in total. The second-order valence-electron chi connectivity index (χ2n) is 7.18. The minimum atomic E-state index is -0.123. The van der Waals surface area contributed by atoms with Gasteiger partial charge in [-0.05, 0) is 61.2 Å². The van der Waals surface area contributed by atoms with Gasteiger partial charge in [-0.3, -0.25) is 4.79 Å². The number of fused-ring (bicyclic) bond motifs is 1. The third kappa shape index (κ3) is 5.09. The molecule has 0 radical (unpaired) electrons. The van der Waals surface area contributed by atoms with E-state index >= 15 is 0 Å². The van der Waals surface area contributed by atoms with Crippen molar-refractivity contribution in [1.29, 1.82) is 0 Å². The van der Waals surface area contributed by atoms with Gasteiger partial charge < -0.3 is 14.5 Å². The lowest BCUT2D eigenvalue weighted by Crippen LogP contribution is -2.24. The lowest BCUT2D eigenvalue weighted by atomic mass is 10.0. The molecule has 2 aromatic heterocycles. The van der Waals surface area contributed by atoms with Gasteiger partial charge in [0.15, 0.2) is 12.1 Å². The molecule has 1 fully saturated rings. The summed E-state index contributed by atoms with van der Waals surface area (Å²) in [5.74, 6) is 1.15. The van der Waals surface area contributed by atoms with Gasteiger partial charge in [-0.2, -0.15) is 0 Å². The van der Waals surface area contributed by atoms with Crippen LogP contribution in [0.2, 0.25) is 0 Å². The Balaban J connectivity index is 0.00000117. The van der Waals surface area contributed by atoms with Crippen molar-refractivity contribution < 1.29 is 14.3 Å². The van der Waals surface area contributed by atoms with Crippen molar-refractivity contribution in [2.45, 2.75) is 59.7 Å². The van der Waals surface area contributed by atoms with E-state index in [1.807, 2.05) is 45.9 Å². The van der Waals surface area contributed by atoms with Crippen LogP contribution in [0.4, 0.5) is 0 Å². The van der Waals surface area contributed by atoms with Crippen LogP contribution in [0.25, 0.3) is 21.5 Å². The molecule has 3 aromatic rings. The zero-order chi connectivity index (χ0) is 20.8. The fourth-order valence-electron chi connectivity index (χ4n) is 3.30. The summed E-state index contributed by atoms with van der Waals surface area (Å²) in [6, 6.07) is 12.2. The van der Waals surface area contributed by atoms with Gasteiger partial charge in [0.1, 0.15) is 5.75 Å². The van der Waals surface area contributed by atoms with Crippen LogP contribution >= 0.6 is 11.3 Å². The second-order valence-corrected chi connectivity index (χ2v) is 8.27. The molecule has 1 aliphatic rings. The van der Waals surface area contributed by atoms with Crippen molar-refractivity contribution in [3.63, 3.8) is 0 Å². The number of Topliss-reactive ketones (excluding diaryl/α,β-unsaturated/α-hetero) is 1. The number of ketones is 1. The fraction of sp³-hybridized carbons (Fsp3) is 0.458. The Morgan fingerprint density at radius 2 is 2.00 bits per heavy atom. The number of carbonyl (C=O) groups is 1. The first kappa shape index (κ1) is 21.6. The normalized spacial score (nSPS) is 17.4. The highest BCUT2D eigenvalue weighted by Gasteiger charge is 2.18. The summed E-state index contributed by atoms with van der Waals surface area (Å²) in [5, 5.41) is 0. The van der Waals surface area contributed by atoms with E-state index in [1.54, 1.807) is 11.3 Å². The maximum Gasteiger partial charge on any atom is 0.199 e. The Morgan fingerprint density at radius 1 is 1.24 bits per heavy atom. The molecule has 156 valence electrons. The molecule has 2 unspecified atom stereocenters. The lowest BCUT2D eigenvalue weighted by Gasteiger charge is -2.23. The average molecular weight is 414 g/mol. The molecule has 1 aromatic carbocycles. The summed E-state index contributed by atoms with van der Waals surface area (Å²) >= 11 is 1.57. The van der Waals surface area contributed by atoms with Crippen molar-refractivity contribution in [1.82, 2.24) is 4.98 Å². The summed E-state index contributed by atoms with van der Waals surface area (Å²) in [7, 11) is 0. The highest BCUT2D eigenvalue weighted by atomic mass is 32.1. The van der Waals surface area contributed by atoms with Crippen LogP contribution in [0, 0.1) is 5.92 Å². The molecule has 1 aliphatic heterocycles. The Bertz CT molecular complexity index is 888. The van der Waals surface area contributed by atoms with Crippen molar-refractivity contribution in [2.24, 2.45) is 5.92 Å². The number of aromatic amines is 1. The minimum absolute atomic E-state index is 0.0768. The van der Waals surface area contributed by atoms with Crippen LogP contribution in [-0.4, -0.2) is 23.7 Å². The van der Waals surface area contributed by atoms with Gasteiger partial charge in [-0.15, -0.1) is 11.3 Å².